The number of amidine groups is 1. The SMILES string of the molecule is NC1(c2ccnc(Cl)n2)CN2C=C(I)C=CC2=N1. The molecule has 0 aliphatic carbocycles. The van der Waals surface area contributed by atoms with Crippen molar-refractivity contribution >= 4 is 40.0 Å². The largest absolute Gasteiger partial charge is 0.328 e. The maximum atomic E-state index is 6.31. The molecule has 3 rings (SSSR count). The third-order valence-corrected chi connectivity index (χ3v) is 3.58. The lowest BCUT2D eigenvalue weighted by atomic mass is 10.1. The molecule has 0 spiro atoms. The molecule has 1 aromatic heterocycles. The van der Waals surface area contributed by atoms with Crippen molar-refractivity contribution in [2.24, 2.45) is 10.7 Å². The van der Waals surface area contributed by atoms with Gasteiger partial charge in [-0.2, -0.15) is 0 Å². The summed E-state index contributed by atoms with van der Waals surface area (Å²) in [6, 6.07) is 1.74. The molecule has 18 heavy (non-hydrogen) atoms. The van der Waals surface area contributed by atoms with Crippen LogP contribution in [-0.2, 0) is 5.66 Å². The first-order chi connectivity index (χ1) is 8.57. The van der Waals surface area contributed by atoms with Gasteiger partial charge in [-0.3, -0.25) is 0 Å². The van der Waals surface area contributed by atoms with E-state index in [-0.39, 0.29) is 5.28 Å². The molecule has 2 N–H and O–H groups in total. The molecule has 1 atom stereocenters. The lowest BCUT2D eigenvalue weighted by Gasteiger charge is -2.22. The fourth-order valence-corrected chi connectivity index (χ4v) is 2.61. The molecule has 1 unspecified atom stereocenters. The van der Waals surface area contributed by atoms with Crippen molar-refractivity contribution in [3.8, 4) is 0 Å². The van der Waals surface area contributed by atoms with E-state index in [1.807, 2.05) is 23.3 Å². The maximum absolute atomic E-state index is 6.31. The minimum absolute atomic E-state index is 0.183. The number of aromatic nitrogens is 2. The Balaban J connectivity index is 2.00. The fraction of sp³-hybridized carbons (Fsp3) is 0.182. The minimum Gasteiger partial charge on any atom is -0.328 e. The molecular formula is C11H9ClIN5. The monoisotopic (exact) mass is 373 g/mol. The molecule has 2 aliphatic heterocycles. The van der Waals surface area contributed by atoms with E-state index in [1.165, 1.54) is 0 Å². The lowest BCUT2D eigenvalue weighted by molar-refractivity contribution is 0.403. The summed E-state index contributed by atoms with van der Waals surface area (Å²) in [5.74, 6) is 0.840. The van der Waals surface area contributed by atoms with E-state index in [2.05, 4.69) is 37.6 Å². The molecule has 0 radical (unpaired) electrons. The van der Waals surface area contributed by atoms with Crippen molar-refractivity contribution in [3.63, 3.8) is 0 Å². The average molecular weight is 374 g/mol. The number of allylic oxidation sites excluding steroid dienone is 2. The topological polar surface area (TPSA) is 67.4 Å². The van der Waals surface area contributed by atoms with Crippen LogP contribution in [0.15, 0.2) is 39.2 Å². The van der Waals surface area contributed by atoms with Crippen molar-refractivity contribution in [2.75, 3.05) is 6.54 Å². The Morgan fingerprint density at radius 2 is 2.28 bits per heavy atom. The molecule has 92 valence electrons. The standard InChI is InChI=1S/C11H9ClIN5/c12-10-15-4-3-8(16-10)11(14)6-18-5-7(13)1-2-9(18)17-11/h1-5H,6,14H2. The molecule has 3 heterocycles. The number of hydrogen-bond acceptors (Lipinski definition) is 5. The van der Waals surface area contributed by atoms with Gasteiger partial charge < -0.3 is 10.6 Å². The normalized spacial score (nSPS) is 25.8. The van der Waals surface area contributed by atoms with Crippen molar-refractivity contribution < 1.29 is 0 Å². The Bertz CT molecular complexity index is 597. The summed E-state index contributed by atoms with van der Waals surface area (Å²) in [6.07, 6.45) is 7.54. The zero-order valence-corrected chi connectivity index (χ0v) is 12.1. The average Bonchev–Trinajstić information content (AvgIpc) is 2.66. The van der Waals surface area contributed by atoms with Crippen LogP contribution in [0.3, 0.4) is 0 Å². The molecule has 0 fully saturated rings. The predicted molar refractivity (Wildman–Crippen MR) is 78.3 cm³/mol. The van der Waals surface area contributed by atoms with E-state index >= 15 is 0 Å². The Labute approximate surface area is 123 Å². The zero-order valence-electron chi connectivity index (χ0n) is 9.22. The quantitative estimate of drug-likeness (QED) is 0.602. The summed E-state index contributed by atoms with van der Waals surface area (Å²) in [6.45, 7) is 0.548. The van der Waals surface area contributed by atoms with E-state index in [0.29, 0.717) is 12.2 Å². The van der Waals surface area contributed by atoms with Crippen LogP contribution in [0, 0.1) is 0 Å². The number of hydrogen-bond donors (Lipinski definition) is 1. The Hall–Kier alpha value is -0.990. The van der Waals surface area contributed by atoms with Gasteiger partial charge in [0.05, 0.1) is 12.2 Å². The van der Waals surface area contributed by atoms with Crippen molar-refractivity contribution in [1.82, 2.24) is 14.9 Å². The van der Waals surface area contributed by atoms with Crippen LogP contribution in [0.2, 0.25) is 5.28 Å². The van der Waals surface area contributed by atoms with Gasteiger partial charge in [0.1, 0.15) is 5.84 Å². The summed E-state index contributed by atoms with van der Waals surface area (Å²) < 4.78 is 1.14. The van der Waals surface area contributed by atoms with Crippen molar-refractivity contribution in [1.29, 1.82) is 0 Å². The molecule has 5 nitrogen and oxygen atoms in total. The van der Waals surface area contributed by atoms with Gasteiger partial charge in [0, 0.05) is 16.0 Å². The molecule has 7 heteroatoms. The molecule has 0 bridgehead atoms. The second kappa shape index (κ2) is 4.29. The molecular weight excluding hydrogens is 365 g/mol. The van der Waals surface area contributed by atoms with E-state index in [0.717, 1.165) is 9.42 Å². The van der Waals surface area contributed by atoms with Crippen LogP contribution in [0.25, 0.3) is 0 Å². The Morgan fingerprint density at radius 1 is 1.44 bits per heavy atom. The highest BCUT2D eigenvalue weighted by Crippen LogP contribution is 2.30. The summed E-state index contributed by atoms with van der Waals surface area (Å²) in [7, 11) is 0. The first kappa shape index (κ1) is 12.1. The van der Waals surface area contributed by atoms with E-state index in [1.54, 1.807) is 12.3 Å². The summed E-state index contributed by atoms with van der Waals surface area (Å²) >= 11 is 8.05. The van der Waals surface area contributed by atoms with Crippen LogP contribution in [-0.4, -0.2) is 27.2 Å². The van der Waals surface area contributed by atoms with Gasteiger partial charge in [-0.15, -0.1) is 0 Å². The van der Waals surface area contributed by atoms with E-state index < -0.39 is 5.66 Å². The van der Waals surface area contributed by atoms with Gasteiger partial charge in [0.2, 0.25) is 5.28 Å². The number of halogens is 2. The van der Waals surface area contributed by atoms with E-state index in [4.69, 9.17) is 17.3 Å². The number of fused-ring (bicyclic) bond motifs is 1. The van der Waals surface area contributed by atoms with Gasteiger partial charge in [-0.05, 0) is 52.4 Å². The van der Waals surface area contributed by atoms with Crippen molar-refractivity contribution in [2.45, 2.75) is 5.66 Å². The van der Waals surface area contributed by atoms with Crippen molar-refractivity contribution in [3.05, 3.63) is 45.2 Å². The van der Waals surface area contributed by atoms with Gasteiger partial charge in [0.15, 0.2) is 5.66 Å². The number of nitrogens with zero attached hydrogens (tertiary/aromatic N) is 4. The van der Waals surface area contributed by atoms with Crippen LogP contribution >= 0.6 is 34.2 Å². The summed E-state index contributed by atoms with van der Waals surface area (Å²) in [5, 5.41) is 0.183. The smallest absolute Gasteiger partial charge is 0.222 e. The third-order valence-electron chi connectivity index (χ3n) is 2.76. The van der Waals surface area contributed by atoms with Gasteiger partial charge >= 0.3 is 0 Å². The molecule has 0 aromatic carbocycles. The maximum Gasteiger partial charge on any atom is 0.222 e. The molecule has 2 aliphatic rings. The number of nitrogens with two attached hydrogens (primary N) is 1. The third kappa shape index (κ3) is 2.04. The first-order valence-corrected chi connectivity index (χ1v) is 6.72. The molecule has 0 amide bonds. The highest BCUT2D eigenvalue weighted by atomic mass is 127. The highest BCUT2D eigenvalue weighted by Gasteiger charge is 2.38. The van der Waals surface area contributed by atoms with Crippen LogP contribution in [0.5, 0.6) is 0 Å². The van der Waals surface area contributed by atoms with Crippen LogP contribution < -0.4 is 5.73 Å². The zero-order chi connectivity index (χ0) is 12.8. The Morgan fingerprint density at radius 3 is 3.06 bits per heavy atom. The van der Waals surface area contributed by atoms with Gasteiger partial charge in [-0.1, -0.05) is 0 Å². The fourth-order valence-electron chi connectivity index (χ4n) is 1.95. The summed E-state index contributed by atoms with van der Waals surface area (Å²) in [5.41, 5.74) is 6.07. The molecule has 0 saturated carbocycles. The van der Waals surface area contributed by atoms with Crippen LogP contribution in [0.1, 0.15) is 5.69 Å². The number of aliphatic imine (C=N–C) groups is 1. The molecule has 1 aromatic rings. The van der Waals surface area contributed by atoms with Crippen LogP contribution in [0.4, 0.5) is 0 Å². The second-order valence-electron chi connectivity index (χ2n) is 4.08. The highest BCUT2D eigenvalue weighted by molar-refractivity contribution is 14.1. The second-order valence-corrected chi connectivity index (χ2v) is 5.66. The molecule has 0 saturated heterocycles. The first-order valence-electron chi connectivity index (χ1n) is 5.27. The van der Waals surface area contributed by atoms with Gasteiger partial charge in [-0.25, -0.2) is 15.0 Å². The predicted octanol–water partition coefficient (Wildman–Crippen LogP) is 1.80. The van der Waals surface area contributed by atoms with Gasteiger partial charge in [0.25, 0.3) is 0 Å². The Kier molecular flexibility index (Phi) is 2.87. The van der Waals surface area contributed by atoms with E-state index in [9.17, 15) is 0 Å². The number of rotatable bonds is 1. The summed E-state index contributed by atoms with van der Waals surface area (Å²) in [4.78, 5) is 14.5. The lowest BCUT2D eigenvalue weighted by Crippen LogP contribution is -2.40. The minimum atomic E-state index is -0.871.